The topological polar surface area (TPSA) is 61.6 Å². The van der Waals surface area contributed by atoms with Crippen LogP contribution < -0.4 is 15.8 Å². The van der Waals surface area contributed by atoms with Gasteiger partial charge in [0.1, 0.15) is 11.4 Å². The molecule has 1 saturated heterocycles. The Kier molecular flexibility index (Phi) is 6.93. The Balaban J connectivity index is 0.00000253. The zero-order valence-corrected chi connectivity index (χ0v) is 20.5. The summed E-state index contributed by atoms with van der Waals surface area (Å²) in [5.41, 5.74) is 1.24. The third-order valence-electron chi connectivity index (χ3n) is 7.44. The van der Waals surface area contributed by atoms with Crippen LogP contribution in [-0.2, 0) is 0 Å². The molecule has 1 aliphatic heterocycles. The molecule has 2 aromatic heterocycles. The molecule has 6 rings (SSSR count). The number of para-hydroxylation sites is 1. The lowest BCUT2D eigenvalue weighted by atomic mass is 9.89. The first-order valence-corrected chi connectivity index (χ1v) is 12.4. The minimum absolute atomic E-state index is 0. The Morgan fingerprint density at radius 2 is 1.69 bits per heavy atom. The Morgan fingerprint density at radius 3 is 2.54 bits per heavy atom. The molecular formula is C28H31ClN4O2. The second kappa shape index (κ2) is 10.3. The first kappa shape index (κ1) is 23.6. The van der Waals surface area contributed by atoms with Crippen molar-refractivity contribution in [1.82, 2.24) is 9.88 Å². The number of hydrogen-bond acceptors (Lipinski definition) is 6. The van der Waals surface area contributed by atoms with Gasteiger partial charge >= 0.3 is 5.63 Å². The van der Waals surface area contributed by atoms with Crippen LogP contribution in [-0.4, -0.2) is 48.1 Å². The van der Waals surface area contributed by atoms with Gasteiger partial charge in [-0.1, -0.05) is 36.4 Å². The Bertz CT molecular complexity index is 1360. The minimum atomic E-state index is -0.299. The maximum atomic E-state index is 12.1. The van der Waals surface area contributed by atoms with Gasteiger partial charge in [-0.05, 0) is 49.3 Å². The summed E-state index contributed by atoms with van der Waals surface area (Å²) >= 11 is 0. The molecule has 0 radical (unpaired) electrons. The van der Waals surface area contributed by atoms with Gasteiger partial charge in [0.15, 0.2) is 0 Å². The van der Waals surface area contributed by atoms with Crippen LogP contribution in [0.5, 0.6) is 0 Å². The van der Waals surface area contributed by atoms with Gasteiger partial charge in [-0.2, -0.15) is 0 Å². The minimum Gasteiger partial charge on any atom is -0.423 e. The predicted octanol–water partition coefficient (Wildman–Crippen LogP) is 5.31. The second-order valence-electron chi connectivity index (χ2n) is 9.52. The van der Waals surface area contributed by atoms with Crippen molar-refractivity contribution in [3.05, 3.63) is 77.3 Å². The van der Waals surface area contributed by atoms with E-state index in [2.05, 4.69) is 45.4 Å². The number of rotatable bonds is 4. The third-order valence-corrected chi connectivity index (χ3v) is 7.44. The molecule has 1 N–H and O–H groups in total. The molecule has 3 heterocycles. The van der Waals surface area contributed by atoms with Crippen LogP contribution in [0.15, 0.2) is 76.1 Å². The molecule has 0 spiro atoms. The number of aromatic nitrogens is 1. The number of piperazine rings is 1. The molecule has 1 saturated carbocycles. The van der Waals surface area contributed by atoms with Crippen LogP contribution in [0.25, 0.3) is 21.7 Å². The molecule has 6 nitrogen and oxygen atoms in total. The quantitative estimate of drug-likeness (QED) is 0.391. The monoisotopic (exact) mass is 490 g/mol. The highest BCUT2D eigenvalue weighted by atomic mass is 35.5. The fraction of sp³-hybridized carbons (Fsp3) is 0.357. The lowest BCUT2D eigenvalue weighted by Gasteiger charge is -2.43. The summed E-state index contributed by atoms with van der Waals surface area (Å²) in [6.07, 6.45) is 6.59. The van der Waals surface area contributed by atoms with Crippen molar-refractivity contribution >= 4 is 45.7 Å². The van der Waals surface area contributed by atoms with Crippen molar-refractivity contribution in [1.29, 1.82) is 0 Å². The molecule has 4 aromatic rings. The maximum absolute atomic E-state index is 12.1. The largest absolute Gasteiger partial charge is 0.423 e. The van der Waals surface area contributed by atoms with Crippen LogP contribution in [0.2, 0.25) is 0 Å². The number of hydrogen-bond donors (Lipinski definition) is 1. The average Bonchev–Trinajstić information content (AvgIpc) is 2.88. The highest BCUT2D eigenvalue weighted by molar-refractivity contribution is 5.92. The Morgan fingerprint density at radius 1 is 0.914 bits per heavy atom. The van der Waals surface area contributed by atoms with Gasteiger partial charge in [0, 0.05) is 61.3 Å². The smallest absolute Gasteiger partial charge is 0.338 e. The average molecular weight is 491 g/mol. The molecular weight excluding hydrogens is 460 g/mol. The summed E-state index contributed by atoms with van der Waals surface area (Å²) in [5.74, 6) is 1.11. The zero-order valence-electron chi connectivity index (χ0n) is 19.7. The predicted molar refractivity (Wildman–Crippen MR) is 145 cm³/mol. The normalized spacial score (nSPS) is 21.1. The summed E-state index contributed by atoms with van der Waals surface area (Å²) in [5, 5.41) is 7.14. The second-order valence-corrected chi connectivity index (χ2v) is 9.52. The van der Waals surface area contributed by atoms with Gasteiger partial charge in [-0.15, -0.1) is 12.4 Å². The van der Waals surface area contributed by atoms with E-state index in [0.29, 0.717) is 17.7 Å². The van der Waals surface area contributed by atoms with Gasteiger partial charge in [-0.25, -0.2) is 9.78 Å². The summed E-state index contributed by atoms with van der Waals surface area (Å²) < 4.78 is 5.37. The number of nitrogens with zero attached hydrogens (tertiary/aromatic N) is 3. The van der Waals surface area contributed by atoms with Crippen LogP contribution in [0.1, 0.15) is 25.7 Å². The van der Waals surface area contributed by atoms with Crippen LogP contribution in [0.4, 0.5) is 11.5 Å². The highest BCUT2D eigenvalue weighted by Gasteiger charge is 2.30. The van der Waals surface area contributed by atoms with Crippen LogP contribution in [0.3, 0.4) is 0 Å². The lowest BCUT2D eigenvalue weighted by Crippen LogP contribution is -2.52. The summed E-state index contributed by atoms with van der Waals surface area (Å²) in [4.78, 5) is 21.9. The number of nitrogens with one attached hydrogen (secondary N) is 1. The van der Waals surface area contributed by atoms with E-state index in [1.807, 2.05) is 30.5 Å². The van der Waals surface area contributed by atoms with Gasteiger partial charge < -0.3 is 14.6 Å². The van der Waals surface area contributed by atoms with Gasteiger partial charge in [0.2, 0.25) is 0 Å². The molecule has 2 atom stereocenters. The molecule has 182 valence electrons. The molecule has 7 heteroatoms. The van der Waals surface area contributed by atoms with Crippen molar-refractivity contribution in [3.8, 4) is 0 Å². The van der Waals surface area contributed by atoms with E-state index in [-0.39, 0.29) is 18.0 Å². The number of pyridine rings is 1. The van der Waals surface area contributed by atoms with E-state index in [1.54, 1.807) is 6.07 Å². The standard InChI is InChI=1S/C28H30N4O2.ClH/c33-27-19-25(24-10-3-4-11-26(24)34-27)30-21-7-5-8-22(18-21)31-14-16-32(17-15-31)28-23-9-2-1-6-20(23)12-13-29-28;/h1-4,6,9-13,19,21-22,30H,5,7-8,14-18H2;1H. The molecule has 2 fully saturated rings. The van der Waals surface area contributed by atoms with Crippen molar-refractivity contribution in [3.63, 3.8) is 0 Å². The number of fused-ring (bicyclic) bond motifs is 2. The number of halogens is 1. The van der Waals surface area contributed by atoms with Crippen molar-refractivity contribution < 1.29 is 4.42 Å². The fourth-order valence-corrected chi connectivity index (χ4v) is 5.73. The maximum Gasteiger partial charge on any atom is 0.338 e. The first-order chi connectivity index (χ1) is 16.7. The van der Waals surface area contributed by atoms with E-state index in [1.165, 1.54) is 23.6 Å². The number of benzene rings is 2. The summed E-state index contributed by atoms with van der Waals surface area (Å²) in [6, 6.07) is 20.9. The molecule has 0 amide bonds. The van der Waals surface area contributed by atoms with E-state index < -0.39 is 0 Å². The van der Waals surface area contributed by atoms with E-state index in [0.717, 1.165) is 55.9 Å². The van der Waals surface area contributed by atoms with Crippen molar-refractivity contribution in [2.24, 2.45) is 0 Å². The molecule has 2 aliphatic rings. The van der Waals surface area contributed by atoms with Gasteiger partial charge in [0.05, 0.1) is 5.69 Å². The molecule has 1 aliphatic carbocycles. The lowest BCUT2D eigenvalue weighted by molar-refractivity contribution is 0.143. The van der Waals surface area contributed by atoms with Crippen LogP contribution >= 0.6 is 12.4 Å². The fourth-order valence-electron chi connectivity index (χ4n) is 5.73. The Labute approximate surface area is 211 Å². The summed E-state index contributed by atoms with van der Waals surface area (Å²) in [6.45, 7) is 4.11. The molecule has 0 bridgehead atoms. The van der Waals surface area contributed by atoms with E-state index >= 15 is 0 Å². The van der Waals surface area contributed by atoms with Gasteiger partial charge in [-0.3, -0.25) is 4.90 Å². The third kappa shape index (κ3) is 4.86. The van der Waals surface area contributed by atoms with E-state index in [4.69, 9.17) is 9.40 Å². The van der Waals surface area contributed by atoms with E-state index in [9.17, 15) is 4.79 Å². The van der Waals surface area contributed by atoms with Crippen molar-refractivity contribution in [2.45, 2.75) is 37.8 Å². The zero-order chi connectivity index (χ0) is 22.9. The number of anilines is 2. The van der Waals surface area contributed by atoms with Gasteiger partial charge in [0.25, 0.3) is 0 Å². The SMILES string of the molecule is Cl.O=c1cc(NC2CCCC(N3CCN(c4nccc5ccccc45)CC3)C2)c2ccccc2o1. The Hall–Kier alpha value is -3.09. The molecule has 2 unspecified atom stereocenters. The molecule has 35 heavy (non-hydrogen) atoms. The summed E-state index contributed by atoms with van der Waals surface area (Å²) in [7, 11) is 0. The molecule has 2 aromatic carbocycles. The van der Waals surface area contributed by atoms with Crippen LogP contribution in [0, 0.1) is 0 Å². The highest BCUT2D eigenvalue weighted by Crippen LogP contribution is 2.30. The first-order valence-electron chi connectivity index (χ1n) is 12.4. The van der Waals surface area contributed by atoms with Crippen molar-refractivity contribution in [2.75, 3.05) is 36.4 Å².